The Kier molecular flexibility index (Phi) is 6.04. The number of carbonyl (C=O) groups excluding carboxylic acids is 2. The minimum Gasteiger partial charge on any atom is -0.858 e. The summed E-state index contributed by atoms with van der Waals surface area (Å²) in [5.74, 6) is -1.66. The van der Waals surface area contributed by atoms with Crippen LogP contribution in [0.25, 0.3) is 17.0 Å². The SMILES string of the molecule is CCc1nn(-c2ccc(F)cc2)c([O-])c1C1=C([n+]2cccc(C)c2)C(=O)N(c2ccc(OC)cc2)C1=O. The van der Waals surface area contributed by atoms with Crippen LogP contribution >= 0.6 is 0 Å². The minimum atomic E-state index is -0.635. The first kappa shape index (κ1) is 23.9. The summed E-state index contributed by atoms with van der Waals surface area (Å²) in [5, 5.41) is 18.1. The average Bonchev–Trinajstić information content (AvgIpc) is 3.36. The van der Waals surface area contributed by atoms with E-state index in [-0.39, 0.29) is 16.8 Å². The van der Waals surface area contributed by atoms with Gasteiger partial charge in [0.2, 0.25) is 0 Å². The van der Waals surface area contributed by atoms with Crippen LogP contribution in [0.3, 0.4) is 0 Å². The van der Waals surface area contributed by atoms with Crippen LogP contribution in [0.1, 0.15) is 23.7 Å². The van der Waals surface area contributed by atoms with Crippen molar-refractivity contribution in [1.82, 2.24) is 9.78 Å². The minimum absolute atomic E-state index is 0.0355. The molecular formula is C28H23FN4O4. The quantitative estimate of drug-likeness (QED) is 0.301. The number of anilines is 1. The van der Waals surface area contributed by atoms with Gasteiger partial charge in [-0.2, -0.15) is 9.67 Å². The summed E-state index contributed by atoms with van der Waals surface area (Å²) in [6, 6.07) is 15.5. The highest BCUT2D eigenvalue weighted by Gasteiger charge is 2.47. The topological polar surface area (TPSA) is 91.4 Å². The highest BCUT2D eigenvalue weighted by molar-refractivity contribution is 6.53. The van der Waals surface area contributed by atoms with E-state index in [1.54, 1.807) is 47.3 Å². The van der Waals surface area contributed by atoms with Crippen molar-refractivity contribution >= 4 is 28.8 Å². The van der Waals surface area contributed by atoms with Crippen molar-refractivity contribution in [3.63, 3.8) is 0 Å². The molecule has 0 saturated carbocycles. The number of ether oxygens (including phenoxy) is 1. The number of imide groups is 1. The van der Waals surface area contributed by atoms with Crippen LogP contribution in [0.15, 0.2) is 73.1 Å². The number of benzene rings is 2. The summed E-state index contributed by atoms with van der Waals surface area (Å²) in [7, 11) is 1.52. The Morgan fingerprint density at radius 3 is 2.30 bits per heavy atom. The van der Waals surface area contributed by atoms with Gasteiger partial charge in [-0.15, -0.1) is 0 Å². The number of pyridine rings is 1. The number of carbonyl (C=O) groups is 2. The molecule has 37 heavy (non-hydrogen) atoms. The molecule has 0 spiro atoms. The molecule has 0 bridgehead atoms. The zero-order valence-electron chi connectivity index (χ0n) is 20.4. The molecular weight excluding hydrogens is 475 g/mol. The van der Waals surface area contributed by atoms with E-state index in [1.165, 1.54) is 31.4 Å². The largest absolute Gasteiger partial charge is 0.858 e. The number of aromatic nitrogens is 3. The lowest BCUT2D eigenvalue weighted by Gasteiger charge is -2.16. The van der Waals surface area contributed by atoms with Crippen LogP contribution in [0.4, 0.5) is 10.1 Å². The first-order chi connectivity index (χ1) is 17.8. The molecule has 4 aromatic rings. The molecule has 0 atom stereocenters. The van der Waals surface area contributed by atoms with E-state index < -0.39 is 23.5 Å². The third-order valence-corrected chi connectivity index (χ3v) is 6.17. The summed E-state index contributed by atoms with van der Waals surface area (Å²) in [6.07, 6.45) is 3.71. The molecule has 0 N–H and O–H groups in total. The second-order valence-electron chi connectivity index (χ2n) is 8.52. The van der Waals surface area contributed by atoms with Gasteiger partial charge in [0.15, 0.2) is 12.4 Å². The first-order valence-electron chi connectivity index (χ1n) is 11.6. The summed E-state index contributed by atoms with van der Waals surface area (Å²) in [4.78, 5) is 28.8. The number of hydrogen-bond donors (Lipinski definition) is 0. The number of nitrogens with zero attached hydrogens (tertiary/aromatic N) is 4. The maximum atomic E-state index is 13.9. The summed E-state index contributed by atoms with van der Waals surface area (Å²) >= 11 is 0. The molecule has 1 aliphatic rings. The smallest absolute Gasteiger partial charge is 0.331 e. The zero-order valence-corrected chi connectivity index (χ0v) is 20.4. The molecule has 0 radical (unpaired) electrons. The third kappa shape index (κ3) is 4.04. The maximum absolute atomic E-state index is 13.9. The van der Waals surface area contributed by atoms with Crippen molar-refractivity contribution in [1.29, 1.82) is 0 Å². The van der Waals surface area contributed by atoms with Gasteiger partial charge in [-0.3, -0.25) is 9.59 Å². The highest BCUT2D eigenvalue weighted by Crippen LogP contribution is 2.39. The normalized spacial score (nSPS) is 13.6. The Morgan fingerprint density at radius 2 is 1.68 bits per heavy atom. The number of halogens is 1. The van der Waals surface area contributed by atoms with Crippen LogP contribution in [-0.4, -0.2) is 28.7 Å². The van der Waals surface area contributed by atoms with Gasteiger partial charge in [0.1, 0.15) is 17.1 Å². The van der Waals surface area contributed by atoms with Gasteiger partial charge in [0.05, 0.1) is 24.2 Å². The van der Waals surface area contributed by atoms with Gasteiger partial charge < -0.3 is 9.84 Å². The maximum Gasteiger partial charge on any atom is 0.331 e. The van der Waals surface area contributed by atoms with Crippen molar-refractivity contribution in [2.24, 2.45) is 0 Å². The molecule has 1 aliphatic heterocycles. The molecule has 0 saturated heterocycles. The molecule has 8 nitrogen and oxygen atoms in total. The van der Waals surface area contributed by atoms with E-state index in [1.807, 2.05) is 19.9 Å². The fraction of sp³-hybridized carbons (Fsp3) is 0.143. The molecule has 186 valence electrons. The molecule has 0 unspecified atom stereocenters. The van der Waals surface area contributed by atoms with E-state index in [2.05, 4.69) is 5.10 Å². The monoisotopic (exact) mass is 498 g/mol. The van der Waals surface area contributed by atoms with E-state index in [4.69, 9.17) is 4.74 Å². The van der Waals surface area contributed by atoms with Gasteiger partial charge >= 0.3 is 5.91 Å². The number of methoxy groups -OCH3 is 1. The number of rotatable bonds is 6. The zero-order chi connectivity index (χ0) is 26.3. The van der Waals surface area contributed by atoms with Crippen molar-refractivity contribution in [3.05, 3.63) is 95.7 Å². The van der Waals surface area contributed by atoms with Gasteiger partial charge in [-0.25, -0.2) is 14.0 Å². The lowest BCUT2D eigenvalue weighted by atomic mass is 10.0. The van der Waals surface area contributed by atoms with Crippen LogP contribution < -0.4 is 19.3 Å². The fourth-order valence-corrected chi connectivity index (χ4v) is 4.38. The Hall–Kier alpha value is -4.79. The first-order valence-corrected chi connectivity index (χ1v) is 11.6. The molecule has 0 aliphatic carbocycles. The van der Waals surface area contributed by atoms with Crippen LogP contribution in [0.2, 0.25) is 0 Å². The van der Waals surface area contributed by atoms with Gasteiger partial charge in [-0.1, -0.05) is 6.92 Å². The van der Waals surface area contributed by atoms with Crippen LogP contribution in [-0.2, 0) is 16.0 Å². The van der Waals surface area contributed by atoms with Crippen LogP contribution in [0, 0.1) is 12.7 Å². The summed E-state index contributed by atoms with van der Waals surface area (Å²) < 4.78 is 21.4. The van der Waals surface area contributed by atoms with Gasteiger partial charge in [-0.05, 0) is 73.8 Å². The summed E-state index contributed by atoms with van der Waals surface area (Å²) in [6.45, 7) is 3.67. The Balaban J connectivity index is 1.74. The second kappa shape index (κ2) is 9.34. The van der Waals surface area contributed by atoms with Gasteiger partial charge in [0, 0.05) is 17.2 Å². The second-order valence-corrected chi connectivity index (χ2v) is 8.52. The molecule has 9 heteroatoms. The van der Waals surface area contributed by atoms with Gasteiger partial charge in [0.25, 0.3) is 11.6 Å². The Bertz CT molecular complexity index is 1560. The van der Waals surface area contributed by atoms with Crippen LogP contribution in [0.5, 0.6) is 11.6 Å². The number of aryl methyl sites for hydroxylation is 2. The highest BCUT2D eigenvalue weighted by atomic mass is 19.1. The number of hydrogen-bond acceptors (Lipinski definition) is 5. The molecule has 2 aromatic carbocycles. The predicted molar refractivity (Wildman–Crippen MR) is 132 cm³/mol. The Labute approximate surface area is 212 Å². The van der Waals surface area contributed by atoms with Crippen molar-refractivity contribution in [2.75, 3.05) is 12.0 Å². The Morgan fingerprint density at radius 1 is 1.00 bits per heavy atom. The van der Waals surface area contributed by atoms with E-state index in [9.17, 15) is 19.1 Å². The van der Waals surface area contributed by atoms with E-state index >= 15 is 0 Å². The third-order valence-electron chi connectivity index (χ3n) is 6.17. The standard InChI is InChI=1S/C28H23FN4O4/c1-4-22-23(27(35)33(30-22)20-9-7-18(29)8-10-20)24-25(31-15-5-6-17(2)16-31)28(36)32(26(24)34)19-11-13-21(37-3)14-12-19/h5-16H,4H2,1-3H3. The van der Waals surface area contributed by atoms with Crippen molar-refractivity contribution in [3.8, 4) is 17.3 Å². The molecule has 5 rings (SSSR count). The summed E-state index contributed by atoms with van der Waals surface area (Å²) in [5.41, 5.74) is 1.96. The lowest BCUT2D eigenvalue weighted by molar-refractivity contribution is -0.577. The van der Waals surface area contributed by atoms with E-state index in [0.29, 0.717) is 29.2 Å². The molecule has 2 amide bonds. The average molecular weight is 499 g/mol. The van der Waals surface area contributed by atoms with Crippen molar-refractivity contribution < 1.29 is 28.4 Å². The molecule has 2 aromatic heterocycles. The predicted octanol–water partition coefficient (Wildman–Crippen LogP) is 3.19. The molecule has 0 fully saturated rings. The number of amides is 2. The van der Waals surface area contributed by atoms with Crippen molar-refractivity contribution in [2.45, 2.75) is 20.3 Å². The van der Waals surface area contributed by atoms with E-state index in [0.717, 1.165) is 15.1 Å². The fourth-order valence-electron chi connectivity index (χ4n) is 4.38. The molecule has 3 heterocycles. The lowest BCUT2D eigenvalue weighted by Crippen LogP contribution is -2.39.